The second-order valence-corrected chi connectivity index (χ2v) is 7.15. The van der Waals surface area contributed by atoms with E-state index in [9.17, 15) is 0 Å². The molecule has 11 heavy (non-hydrogen) atoms. The van der Waals surface area contributed by atoms with Crippen LogP contribution >= 0.6 is 50.1 Å². The van der Waals surface area contributed by atoms with Crippen LogP contribution in [0.2, 0.25) is 0 Å². The fourth-order valence-electron chi connectivity index (χ4n) is 0.759. The van der Waals surface area contributed by atoms with Crippen LogP contribution in [0.3, 0.4) is 0 Å². The molecule has 1 unspecified atom stereocenters. The maximum atomic E-state index is 5.77. The highest BCUT2D eigenvalue weighted by Gasteiger charge is 2.22. The third kappa shape index (κ3) is 2.60. The molecule has 1 atom stereocenters. The number of benzene rings is 1. The molecule has 0 amide bonds. The molecule has 0 fully saturated rings. The van der Waals surface area contributed by atoms with Crippen molar-refractivity contribution in [2.75, 3.05) is 5.88 Å². The lowest BCUT2D eigenvalue weighted by atomic mass is 10.2. The molecule has 1 aromatic carbocycles. The van der Waals surface area contributed by atoms with Gasteiger partial charge < -0.3 is 0 Å². The van der Waals surface area contributed by atoms with Crippen molar-refractivity contribution >= 4 is 50.1 Å². The quantitative estimate of drug-likeness (QED) is 0.563. The third-order valence-corrected chi connectivity index (χ3v) is 4.28. The van der Waals surface area contributed by atoms with Crippen LogP contribution in [0.4, 0.5) is 0 Å². The predicted octanol–water partition coefficient (Wildman–Crippen LogP) is 3.91. The van der Waals surface area contributed by atoms with Crippen molar-refractivity contribution in [3.8, 4) is 0 Å². The highest BCUT2D eigenvalue weighted by molar-refractivity contribution is 14.1. The molecule has 1 rings (SSSR count). The molecule has 3 heteroatoms. The van der Waals surface area contributed by atoms with Crippen LogP contribution in [-0.2, 0) is 2.33 Å². The van der Waals surface area contributed by atoms with E-state index in [4.69, 9.17) is 11.6 Å². The van der Waals surface area contributed by atoms with Crippen molar-refractivity contribution in [2.45, 2.75) is 2.33 Å². The summed E-state index contributed by atoms with van der Waals surface area (Å²) < 4.78 is -0.117. The topological polar surface area (TPSA) is 0 Å². The van der Waals surface area contributed by atoms with Gasteiger partial charge >= 0.3 is 0 Å². The second kappa shape index (κ2) is 4.10. The molecule has 0 saturated heterocycles. The van der Waals surface area contributed by atoms with Crippen molar-refractivity contribution in [1.82, 2.24) is 0 Å². The molecule has 0 bridgehead atoms. The smallest absolute Gasteiger partial charge is 0.115 e. The normalized spacial score (nSPS) is 15.9. The van der Waals surface area contributed by atoms with Gasteiger partial charge in [0.05, 0.1) is 5.88 Å². The summed E-state index contributed by atoms with van der Waals surface area (Å²) in [5, 5.41) is 0. The van der Waals surface area contributed by atoms with Gasteiger partial charge in [-0.1, -0.05) is 68.9 Å². The summed E-state index contributed by atoms with van der Waals surface area (Å²) >= 11 is 11.6. The lowest BCUT2D eigenvalue weighted by Gasteiger charge is -2.16. The van der Waals surface area contributed by atoms with Crippen molar-refractivity contribution in [2.24, 2.45) is 0 Å². The fraction of sp³-hybridized carbons (Fsp3) is 0.250. The molecule has 0 radical (unpaired) electrons. The summed E-state index contributed by atoms with van der Waals surface area (Å²) in [4.78, 5) is 0. The Hall–Kier alpha value is 0.720. The Labute approximate surface area is 93.6 Å². The van der Waals surface area contributed by atoms with Gasteiger partial charge in [-0.25, -0.2) is 0 Å². The van der Waals surface area contributed by atoms with E-state index < -0.39 is 0 Å². The minimum Gasteiger partial charge on any atom is -0.124 e. The Kier molecular flexibility index (Phi) is 3.65. The van der Waals surface area contributed by atoms with Gasteiger partial charge in [-0.2, -0.15) is 0 Å². The molecular weight excluding hydrogens is 338 g/mol. The molecule has 0 aliphatic carbocycles. The highest BCUT2D eigenvalue weighted by atomic mass is 127. The van der Waals surface area contributed by atoms with E-state index >= 15 is 0 Å². The number of hydrogen-bond acceptors (Lipinski definition) is 0. The SMILES string of the molecule is ClCC(Br)(I)c1ccccc1. The summed E-state index contributed by atoms with van der Waals surface area (Å²) in [6, 6.07) is 10.1. The molecule has 0 N–H and O–H groups in total. The Balaban J connectivity index is 2.93. The van der Waals surface area contributed by atoms with Crippen molar-refractivity contribution in [1.29, 1.82) is 0 Å². The Morgan fingerprint density at radius 2 is 1.91 bits per heavy atom. The maximum Gasteiger partial charge on any atom is 0.115 e. The summed E-state index contributed by atoms with van der Waals surface area (Å²) in [6.07, 6.45) is 0. The molecule has 0 spiro atoms. The van der Waals surface area contributed by atoms with E-state index in [1.54, 1.807) is 0 Å². The molecular formula is C8H7BrClI. The van der Waals surface area contributed by atoms with Crippen LogP contribution in [0.15, 0.2) is 30.3 Å². The summed E-state index contributed by atoms with van der Waals surface area (Å²) in [5.41, 5.74) is 1.20. The number of alkyl halides is 3. The molecule has 0 aliphatic rings. The van der Waals surface area contributed by atoms with E-state index in [2.05, 4.69) is 50.7 Å². The molecule has 1 aromatic rings. The summed E-state index contributed by atoms with van der Waals surface area (Å²) in [6.45, 7) is 0. The Morgan fingerprint density at radius 3 is 2.36 bits per heavy atom. The van der Waals surface area contributed by atoms with Crippen LogP contribution in [0.25, 0.3) is 0 Å². The average Bonchev–Trinajstić information content (AvgIpc) is 2.06. The largest absolute Gasteiger partial charge is 0.124 e. The summed E-state index contributed by atoms with van der Waals surface area (Å²) in [5.74, 6) is 0.567. The van der Waals surface area contributed by atoms with Gasteiger partial charge in [-0.15, -0.1) is 11.6 Å². The van der Waals surface area contributed by atoms with Gasteiger partial charge in [0.15, 0.2) is 0 Å². The Bertz CT molecular complexity index is 223. The van der Waals surface area contributed by atoms with E-state index in [1.165, 1.54) is 5.56 Å². The van der Waals surface area contributed by atoms with Crippen LogP contribution in [0.5, 0.6) is 0 Å². The number of hydrogen-bond donors (Lipinski definition) is 0. The number of rotatable bonds is 2. The lowest BCUT2D eigenvalue weighted by molar-refractivity contribution is 1.09. The van der Waals surface area contributed by atoms with E-state index in [0.29, 0.717) is 5.88 Å². The van der Waals surface area contributed by atoms with Crippen LogP contribution in [-0.4, -0.2) is 5.88 Å². The minimum atomic E-state index is -0.117. The first-order valence-corrected chi connectivity index (χ1v) is 5.57. The van der Waals surface area contributed by atoms with Gasteiger partial charge in [-0.05, 0) is 5.56 Å². The van der Waals surface area contributed by atoms with Gasteiger partial charge in [0.1, 0.15) is 2.33 Å². The van der Waals surface area contributed by atoms with Gasteiger partial charge in [0.2, 0.25) is 0 Å². The zero-order valence-corrected chi connectivity index (χ0v) is 10.2. The Morgan fingerprint density at radius 1 is 1.36 bits per heavy atom. The molecule has 60 valence electrons. The molecule has 0 saturated carbocycles. The van der Waals surface area contributed by atoms with Crippen molar-refractivity contribution < 1.29 is 0 Å². The predicted molar refractivity (Wildman–Crippen MR) is 61.8 cm³/mol. The maximum absolute atomic E-state index is 5.77. The van der Waals surface area contributed by atoms with E-state index in [-0.39, 0.29) is 2.33 Å². The van der Waals surface area contributed by atoms with Crippen molar-refractivity contribution in [3.05, 3.63) is 35.9 Å². The van der Waals surface area contributed by atoms with E-state index in [0.717, 1.165) is 0 Å². The molecule has 0 aliphatic heterocycles. The first kappa shape index (κ1) is 9.81. The molecule has 0 nitrogen and oxygen atoms in total. The fourth-order valence-corrected chi connectivity index (χ4v) is 1.54. The first-order chi connectivity index (χ1) is 5.17. The minimum absolute atomic E-state index is 0.117. The van der Waals surface area contributed by atoms with Gasteiger partial charge in [0.25, 0.3) is 0 Å². The van der Waals surface area contributed by atoms with Crippen LogP contribution in [0, 0.1) is 0 Å². The second-order valence-electron chi connectivity index (χ2n) is 2.20. The van der Waals surface area contributed by atoms with Gasteiger partial charge in [-0.3, -0.25) is 0 Å². The zero-order chi connectivity index (χ0) is 8.32. The van der Waals surface area contributed by atoms with Gasteiger partial charge in [0, 0.05) is 0 Å². The average molecular weight is 345 g/mol. The highest BCUT2D eigenvalue weighted by Crippen LogP contribution is 2.39. The monoisotopic (exact) mass is 344 g/mol. The number of halogens is 3. The van der Waals surface area contributed by atoms with Crippen LogP contribution in [0.1, 0.15) is 5.56 Å². The zero-order valence-electron chi connectivity index (χ0n) is 5.73. The lowest BCUT2D eigenvalue weighted by Crippen LogP contribution is -2.09. The van der Waals surface area contributed by atoms with Crippen molar-refractivity contribution in [3.63, 3.8) is 0 Å². The molecule has 0 aromatic heterocycles. The molecule has 0 heterocycles. The standard InChI is InChI=1S/C8H7BrClI/c9-8(11,6-10)7-4-2-1-3-5-7/h1-5H,6H2. The van der Waals surface area contributed by atoms with Crippen LogP contribution < -0.4 is 0 Å². The van der Waals surface area contributed by atoms with E-state index in [1.807, 2.05) is 18.2 Å². The third-order valence-electron chi connectivity index (χ3n) is 1.36. The summed E-state index contributed by atoms with van der Waals surface area (Å²) in [7, 11) is 0. The first-order valence-electron chi connectivity index (χ1n) is 3.16.